The third-order valence-electron chi connectivity index (χ3n) is 5.55. The Morgan fingerprint density at radius 1 is 0.946 bits per heavy atom. The van der Waals surface area contributed by atoms with Gasteiger partial charge in [0.15, 0.2) is 0 Å². The highest BCUT2D eigenvalue weighted by molar-refractivity contribution is 6.30. The summed E-state index contributed by atoms with van der Waals surface area (Å²) in [6.45, 7) is 0.112. The summed E-state index contributed by atoms with van der Waals surface area (Å²) in [5.41, 5.74) is 3.66. The van der Waals surface area contributed by atoms with Gasteiger partial charge < -0.3 is 9.84 Å². The molecule has 0 spiro atoms. The van der Waals surface area contributed by atoms with E-state index in [0.29, 0.717) is 5.02 Å². The quantitative estimate of drug-likeness (QED) is 0.223. The fourth-order valence-electron chi connectivity index (χ4n) is 3.68. The number of benzene rings is 3. The summed E-state index contributed by atoms with van der Waals surface area (Å²) in [7, 11) is 0. The van der Waals surface area contributed by atoms with Crippen molar-refractivity contribution in [2.75, 3.05) is 11.9 Å². The molecule has 0 fully saturated rings. The number of aromatic nitrogens is 4. The number of carbonyl (C=O) groups is 2. The molecule has 0 saturated carbocycles. The Balaban J connectivity index is 1.46. The number of carbonyl (C=O) groups excluding carboxylic acids is 1. The van der Waals surface area contributed by atoms with Gasteiger partial charge in [-0.15, -0.1) is 5.10 Å². The van der Waals surface area contributed by atoms with Crippen LogP contribution in [0.1, 0.15) is 11.1 Å². The minimum atomic E-state index is -1.14. The predicted molar refractivity (Wildman–Crippen MR) is 138 cm³/mol. The molecule has 3 aromatic carbocycles. The first-order valence-corrected chi connectivity index (χ1v) is 11.9. The maximum Gasteiger partial charge on any atom is 0.323 e. The Labute approximate surface area is 218 Å². The molecule has 0 aliphatic heterocycles. The number of nitrogens with zero attached hydrogens (tertiary/aromatic N) is 3. The van der Waals surface area contributed by atoms with E-state index in [1.54, 1.807) is 6.07 Å². The summed E-state index contributed by atoms with van der Waals surface area (Å²) in [6, 6.07) is 22.5. The largest absolute Gasteiger partial charge is 0.480 e. The van der Waals surface area contributed by atoms with E-state index in [0.717, 1.165) is 22.3 Å². The number of anilines is 1. The number of aliphatic carboxylic acids is 1. The number of halogens is 1. The molecule has 4 N–H and O–H groups in total. The second-order valence-electron chi connectivity index (χ2n) is 8.25. The van der Waals surface area contributed by atoms with Crippen molar-refractivity contribution in [3.05, 3.63) is 95.0 Å². The summed E-state index contributed by atoms with van der Waals surface area (Å²) in [4.78, 5) is 25.0. The van der Waals surface area contributed by atoms with Gasteiger partial charge in [-0.2, -0.15) is 5.21 Å². The standard InChI is InChI=1S/C26H25ClN6O4/c27-21-8-4-7-20(14-21)19-11-9-17(10-12-19)13-22(24(34)29-26-30-32-33-31-26)28-23(25(35)36)16-37-15-18-5-2-1-3-6-18/h1-12,14,22-23,28H,13,15-16H2,(H,35,36)(H2,29,30,31,32,33,34)/t22-,23-/m0/s1. The number of carboxylic acid groups (broad SMARTS) is 1. The van der Waals surface area contributed by atoms with E-state index in [1.807, 2.05) is 72.8 Å². The van der Waals surface area contributed by atoms with Gasteiger partial charge in [0.2, 0.25) is 5.91 Å². The molecule has 11 heteroatoms. The molecule has 10 nitrogen and oxygen atoms in total. The Bertz CT molecular complexity index is 1300. The molecule has 2 atom stereocenters. The van der Waals surface area contributed by atoms with Crippen LogP contribution in [0.3, 0.4) is 0 Å². The highest BCUT2D eigenvalue weighted by Crippen LogP contribution is 2.23. The molecule has 190 valence electrons. The second-order valence-corrected chi connectivity index (χ2v) is 8.68. The van der Waals surface area contributed by atoms with E-state index in [9.17, 15) is 14.7 Å². The normalized spacial score (nSPS) is 12.6. The molecule has 0 aliphatic carbocycles. The van der Waals surface area contributed by atoms with Crippen molar-refractivity contribution in [1.29, 1.82) is 0 Å². The minimum absolute atomic E-state index is 0.0136. The topological polar surface area (TPSA) is 142 Å². The van der Waals surface area contributed by atoms with Crippen molar-refractivity contribution < 1.29 is 19.4 Å². The number of amides is 1. The van der Waals surface area contributed by atoms with Gasteiger partial charge in [0.1, 0.15) is 6.04 Å². The van der Waals surface area contributed by atoms with E-state index in [4.69, 9.17) is 16.3 Å². The van der Waals surface area contributed by atoms with Crippen molar-refractivity contribution in [3.8, 4) is 11.1 Å². The number of aromatic amines is 1. The first kappa shape index (κ1) is 26.0. The van der Waals surface area contributed by atoms with Crippen LogP contribution in [0.25, 0.3) is 11.1 Å². The molecular formula is C26H25ClN6O4. The van der Waals surface area contributed by atoms with Crippen molar-refractivity contribution >= 4 is 29.4 Å². The van der Waals surface area contributed by atoms with E-state index >= 15 is 0 Å². The van der Waals surface area contributed by atoms with Gasteiger partial charge in [0, 0.05) is 5.02 Å². The number of nitrogens with one attached hydrogen (secondary N) is 3. The lowest BCUT2D eigenvalue weighted by Gasteiger charge is -2.22. The molecule has 4 aromatic rings. The maximum atomic E-state index is 13.1. The summed E-state index contributed by atoms with van der Waals surface area (Å²) >= 11 is 6.11. The highest BCUT2D eigenvalue weighted by atomic mass is 35.5. The van der Waals surface area contributed by atoms with E-state index in [2.05, 4.69) is 31.3 Å². The number of ether oxygens (including phenoxy) is 1. The second kappa shape index (κ2) is 12.7. The minimum Gasteiger partial charge on any atom is -0.480 e. The first-order chi connectivity index (χ1) is 18.0. The van der Waals surface area contributed by atoms with Gasteiger partial charge in [-0.1, -0.05) is 83.4 Å². The van der Waals surface area contributed by atoms with Crippen LogP contribution in [-0.4, -0.2) is 56.3 Å². The number of hydrogen-bond donors (Lipinski definition) is 4. The van der Waals surface area contributed by atoms with Gasteiger partial charge >= 0.3 is 5.97 Å². The summed E-state index contributed by atoms with van der Waals surface area (Å²) in [6.07, 6.45) is 0.210. The zero-order valence-corrected chi connectivity index (χ0v) is 20.4. The maximum absolute atomic E-state index is 13.1. The van der Waals surface area contributed by atoms with Gasteiger partial charge in [-0.25, -0.2) is 0 Å². The number of carboxylic acids is 1. The average Bonchev–Trinajstić information content (AvgIpc) is 3.41. The lowest BCUT2D eigenvalue weighted by molar-refractivity contribution is -0.141. The van der Waals surface area contributed by atoms with Crippen LogP contribution in [-0.2, 0) is 27.4 Å². The van der Waals surface area contributed by atoms with E-state index in [-0.39, 0.29) is 25.6 Å². The lowest BCUT2D eigenvalue weighted by atomic mass is 10.00. The van der Waals surface area contributed by atoms with Crippen LogP contribution in [0, 0.1) is 0 Å². The summed E-state index contributed by atoms with van der Waals surface area (Å²) < 4.78 is 5.63. The zero-order valence-electron chi connectivity index (χ0n) is 19.7. The zero-order chi connectivity index (χ0) is 26.0. The molecule has 0 saturated heterocycles. The molecule has 1 aromatic heterocycles. The van der Waals surface area contributed by atoms with Crippen LogP contribution in [0.4, 0.5) is 5.95 Å². The SMILES string of the molecule is O=C(O)[C@H](COCc1ccccc1)N[C@@H](Cc1ccc(-c2cccc(Cl)c2)cc1)C(=O)Nc1nn[nH]n1. The molecule has 0 unspecified atom stereocenters. The predicted octanol–water partition coefficient (Wildman–Crippen LogP) is 3.33. The van der Waals surface area contributed by atoms with Crippen LogP contribution in [0.2, 0.25) is 5.02 Å². The van der Waals surface area contributed by atoms with Crippen LogP contribution < -0.4 is 10.6 Å². The first-order valence-electron chi connectivity index (χ1n) is 11.5. The molecule has 4 rings (SSSR count). The van der Waals surface area contributed by atoms with Crippen molar-refractivity contribution in [3.63, 3.8) is 0 Å². The van der Waals surface area contributed by atoms with Crippen molar-refractivity contribution in [2.24, 2.45) is 0 Å². The van der Waals surface area contributed by atoms with E-state index < -0.39 is 24.0 Å². The average molecular weight is 521 g/mol. The Morgan fingerprint density at radius 3 is 2.41 bits per heavy atom. The van der Waals surface area contributed by atoms with Gasteiger partial charge in [0.05, 0.1) is 19.3 Å². The van der Waals surface area contributed by atoms with Crippen molar-refractivity contribution in [1.82, 2.24) is 25.9 Å². The number of hydrogen-bond acceptors (Lipinski definition) is 7. The lowest BCUT2D eigenvalue weighted by Crippen LogP contribution is -2.52. The molecule has 0 aliphatic rings. The molecular weight excluding hydrogens is 496 g/mol. The monoisotopic (exact) mass is 520 g/mol. The number of rotatable bonds is 12. The van der Waals surface area contributed by atoms with Gasteiger partial charge in [-0.3, -0.25) is 20.2 Å². The fraction of sp³-hybridized carbons (Fsp3) is 0.192. The Kier molecular flexibility index (Phi) is 8.93. The van der Waals surface area contributed by atoms with Gasteiger partial charge in [-0.05, 0) is 46.0 Å². The van der Waals surface area contributed by atoms with Gasteiger partial charge in [0.25, 0.3) is 5.95 Å². The summed E-state index contributed by atoms with van der Waals surface area (Å²) in [5.74, 6) is -1.66. The third kappa shape index (κ3) is 7.68. The molecule has 0 bridgehead atoms. The molecule has 37 heavy (non-hydrogen) atoms. The third-order valence-corrected chi connectivity index (χ3v) is 5.78. The fourth-order valence-corrected chi connectivity index (χ4v) is 3.87. The van der Waals surface area contributed by atoms with E-state index in [1.165, 1.54) is 0 Å². The molecule has 1 heterocycles. The Hall–Kier alpha value is -4.12. The van der Waals surface area contributed by atoms with Crippen LogP contribution in [0.15, 0.2) is 78.9 Å². The number of H-pyrrole nitrogens is 1. The molecule has 0 radical (unpaired) electrons. The summed E-state index contributed by atoms with van der Waals surface area (Å²) in [5, 5.41) is 29.0. The van der Waals surface area contributed by atoms with Crippen LogP contribution >= 0.6 is 11.6 Å². The Morgan fingerprint density at radius 2 is 1.73 bits per heavy atom. The van der Waals surface area contributed by atoms with Crippen molar-refractivity contribution in [2.45, 2.75) is 25.1 Å². The molecule has 1 amide bonds. The highest BCUT2D eigenvalue weighted by Gasteiger charge is 2.27. The smallest absolute Gasteiger partial charge is 0.323 e. The number of tetrazole rings is 1. The van der Waals surface area contributed by atoms with Crippen LogP contribution in [0.5, 0.6) is 0 Å².